The maximum Gasteiger partial charge on any atom is 0.124 e. The standard InChI is InChI=1S/C11H15ClFN/c1-11(2,14-3)7-8-4-9(12)6-10(13)5-8/h4-6,14H,7H2,1-3H3. The van der Waals surface area contributed by atoms with Crippen LogP contribution >= 0.6 is 11.6 Å². The number of halogens is 2. The molecule has 14 heavy (non-hydrogen) atoms. The maximum atomic E-state index is 13.0. The Hall–Kier alpha value is -0.600. The number of nitrogens with one attached hydrogen (secondary N) is 1. The second kappa shape index (κ2) is 4.28. The molecule has 0 aliphatic carbocycles. The molecule has 0 amide bonds. The van der Waals surface area contributed by atoms with Gasteiger partial charge in [0, 0.05) is 10.6 Å². The van der Waals surface area contributed by atoms with Gasteiger partial charge in [0.1, 0.15) is 5.82 Å². The molecular weight excluding hydrogens is 201 g/mol. The lowest BCUT2D eigenvalue weighted by atomic mass is 9.95. The SMILES string of the molecule is CNC(C)(C)Cc1cc(F)cc(Cl)c1. The average molecular weight is 216 g/mol. The molecule has 0 aromatic heterocycles. The van der Waals surface area contributed by atoms with Crippen molar-refractivity contribution in [2.24, 2.45) is 0 Å². The van der Waals surface area contributed by atoms with E-state index >= 15 is 0 Å². The van der Waals surface area contributed by atoms with Gasteiger partial charge in [0.15, 0.2) is 0 Å². The third kappa shape index (κ3) is 3.28. The first-order valence-electron chi connectivity index (χ1n) is 4.57. The van der Waals surface area contributed by atoms with Crippen LogP contribution in [0.4, 0.5) is 4.39 Å². The zero-order valence-electron chi connectivity index (χ0n) is 8.70. The summed E-state index contributed by atoms with van der Waals surface area (Å²) in [6, 6.07) is 4.63. The van der Waals surface area contributed by atoms with Crippen LogP contribution in [-0.2, 0) is 6.42 Å². The van der Waals surface area contributed by atoms with Crippen LogP contribution in [0.2, 0.25) is 5.02 Å². The summed E-state index contributed by atoms with van der Waals surface area (Å²) >= 11 is 5.76. The van der Waals surface area contributed by atoms with Crippen molar-refractivity contribution < 1.29 is 4.39 Å². The maximum absolute atomic E-state index is 13.0. The molecule has 0 heterocycles. The highest BCUT2D eigenvalue weighted by molar-refractivity contribution is 6.30. The smallest absolute Gasteiger partial charge is 0.124 e. The van der Waals surface area contributed by atoms with Crippen LogP contribution in [0, 0.1) is 5.82 Å². The number of benzene rings is 1. The van der Waals surface area contributed by atoms with Crippen molar-refractivity contribution in [3.05, 3.63) is 34.6 Å². The lowest BCUT2D eigenvalue weighted by molar-refractivity contribution is 0.421. The van der Waals surface area contributed by atoms with Gasteiger partial charge in [0.05, 0.1) is 0 Å². The van der Waals surface area contributed by atoms with Crippen molar-refractivity contribution in [3.8, 4) is 0 Å². The van der Waals surface area contributed by atoms with Crippen molar-refractivity contribution in [3.63, 3.8) is 0 Å². The van der Waals surface area contributed by atoms with Crippen molar-refractivity contribution in [1.82, 2.24) is 5.32 Å². The molecule has 78 valence electrons. The summed E-state index contributed by atoms with van der Waals surface area (Å²) in [7, 11) is 1.89. The van der Waals surface area contributed by atoms with Crippen LogP contribution in [-0.4, -0.2) is 12.6 Å². The van der Waals surface area contributed by atoms with Gasteiger partial charge in [-0.15, -0.1) is 0 Å². The molecule has 0 radical (unpaired) electrons. The fourth-order valence-corrected chi connectivity index (χ4v) is 1.56. The predicted molar refractivity (Wildman–Crippen MR) is 58.3 cm³/mol. The fraction of sp³-hybridized carbons (Fsp3) is 0.455. The monoisotopic (exact) mass is 215 g/mol. The molecule has 1 aromatic rings. The molecule has 1 aromatic carbocycles. The van der Waals surface area contributed by atoms with Gasteiger partial charge in [-0.05, 0) is 51.1 Å². The molecule has 0 spiro atoms. The minimum atomic E-state index is -0.278. The van der Waals surface area contributed by atoms with E-state index in [0.29, 0.717) is 5.02 Å². The average Bonchev–Trinajstić information content (AvgIpc) is 2.01. The highest BCUT2D eigenvalue weighted by atomic mass is 35.5. The Labute approximate surface area is 89.3 Å². The molecular formula is C11H15ClFN. The predicted octanol–water partition coefficient (Wildman–Crippen LogP) is 3.02. The van der Waals surface area contributed by atoms with Crippen molar-refractivity contribution in [2.45, 2.75) is 25.8 Å². The van der Waals surface area contributed by atoms with Crippen LogP contribution in [0.3, 0.4) is 0 Å². The van der Waals surface area contributed by atoms with E-state index in [0.717, 1.165) is 12.0 Å². The van der Waals surface area contributed by atoms with Crippen LogP contribution in [0.5, 0.6) is 0 Å². The normalized spacial score (nSPS) is 11.8. The molecule has 0 saturated carbocycles. The summed E-state index contributed by atoms with van der Waals surface area (Å²) < 4.78 is 13.0. The molecule has 0 aliphatic rings. The van der Waals surface area contributed by atoms with Crippen molar-refractivity contribution in [1.29, 1.82) is 0 Å². The molecule has 0 fully saturated rings. The zero-order chi connectivity index (χ0) is 10.8. The first-order chi connectivity index (χ1) is 6.43. The Morgan fingerprint density at radius 2 is 2.00 bits per heavy atom. The van der Waals surface area contributed by atoms with Crippen LogP contribution in [0.25, 0.3) is 0 Å². The molecule has 1 nitrogen and oxygen atoms in total. The minimum absolute atomic E-state index is 0.0445. The van der Waals surface area contributed by atoms with Gasteiger partial charge in [-0.3, -0.25) is 0 Å². The first kappa shape index (κ1) is 11.5. The first-order valence-corrected chi connectivity index (χ1v) is 4.95. The molecule has 1 N–H and O–H groups in total. The Kier molecular flexibility index (Phi) is 3.51. The Bertz CT molecular complexity index is 303. The number of likely N-dealkylation sites (N-methyl/N-ethyl adjacent to an activating group) is 1. The second-order valence-corrected chi connectivity index (χ2v) is 4.52. The molecule has 0 unspecified atom stereocenters. The molecule has 3 heteroatoms. The van der Waals surface area contributed by atoms with Gasteiger partial charge in [-0.25, -0.2) is 4.39 Å². The highest BCUT2D eigenvalue weighted by Crippen LogP contribution is 2.18. The van der Waals surface area contributed by atoms with E-state index in [2.05, 4.69) is 19.2 Å². The van der Waals surface area contributed by atoms with Crippen molar-refractivity contribution >= 4 is 11.6 Å². The third-order valence-electron chi connectivity index (χ3n) is 2.25. The zero-order valence-corrected chi connectivity index (χ0v) is 9.45. The minimum Gasteiger partial charge on any atom is -0.314 e. The van der Waals surface area contributed by atoms with Gasteiger partial charge in [-0.2, -0.15) is 0 Å². The number of rotatable bonds is 3. The number of hydrogen-bond donors (Lipinski definition) is 1. The van der Waals surface area contributed by atoms with E-state index in [-0.39, 0.29) is 11.4 Å². The van der Waals surface area contributed by atoms with E-state index in [4.69, 9.17) is 11.6 Å². The van der Waals surface area contributed by atoms with Gasteiger partial charge in [-0.1, -0.05) is 11.6 Å². The molecule has 0 aliphatic heterocycles. The summed E-state index contributed by atoms with van der Waals surface area (Å²) in [6.45, 7) is 4.12. The van der Waals surface area contributed by atoms with Gasteiger partial charge >= 0.3 is 0 Å². The van der Waals surface area contributed by atoms with E-state index in [1.807, 2.05) is 7.05 Å². The molecule has 0 atom stereocenters. The third-order valence-corrected chi connectivity index (χ3v) is 2.46. The van der Waals surface area contributed by atoms with Gasteiger partial charge in [0.25, 0.3) is 0 Å². The Morgan fingerprint density at radius 3 is 2.50 bits per heavy atom. The van der Waals surface area contributed by atoms with E-state index in [9.17, 15) is 4.39 Å². The van der Waals surface area contributed by atoms with Gasteiger partial charge in [0.2, 0.25) is 0 Å². The van der Waals surface area contributed by atoms with Gasteiger partial charge < -0.3 is 5.32 Å². The van der Waals surface area contributed by atoms with Crippen molar-refractivity contribution in [2.75, 3.05) is 7.05 Å². The Balaban J connectivity index is 2.87. The summed E-state index contributed by atoms with van der Waals surface area (Å²) in [6.07, 6.45) is 0.751. The largest absolute Gasteiger partial charge is 0.314 e. The summed E-state index contributed by atoms with van der Waals surface area (Å²) in [4.78, 5) is 0. The van der Waals surface area contributed by atoms with E-state index in [1.54, 1.807) is 6.07 Å². The quantitative estimate of drug-likeness (QED) is 0.818. The lowest BCUT2D eigenvalue weighted by Crippen LogP contribution is -2.38. The summed E-state index contributed by atoms with van der Waals surface area (Å²) in [5.41, 5.74) is 0.867. The molecule has 0 saturated heterocycles. The summed E-state index contributed by atoms with van der Waals surface area (Å²) in [5.74, 6) is -0.278. The lowest BCUT2D eigenvalue weighted by Gasteiger charge is -2.24. The van der Waals surface area contributed by atoms with Crippen LogP contribution < -0.4 is 5.32 Å². The molecule has 1 rings (SSSR count). The number of hydrogen-bond acceptors (Lipinski definition) is 1. The van der Waals surface area contributed by atoms with Crippen LogP contribution in [0.1, 0.15) is 19.4 Å². The molecule has 0 bridgehead atoms. The highest BCUT2D eigenvalue weighted by Gasteiger charge is 2.15. The topological polar surface area (TPSA) is 12.0 Å². The van der Waals surface area contributed by atoms with Crippen LogP contribution in [0.15, 0.2) is 18.2 Å². The van der Waals surface area contributed by atoms with E-state index < -0.39 is 0 Å². The Morgan fingerprint density at radius 1 is 1.36 bits per heavy atom. The van der Waals surface area contributed by atoms with E-state index in [1.165, 1.54) is 12.1 Å². The fourth-order valence-electron chi connectivity index (χ4n) is 1.31. The summed E-state index contributed by atoms with van der Waals surface area (Å²) in [5, 5.41) is 3.61. The second-order valence-electron chi connectivity index (χ2n) is 4.09.